The van der Waals surface area contributed by atoms with Crippen LogP contribution in [-0.2, 0) is 31.0 Å². The van der Waals surface area contributed by atoms with Crippen LogP contribution in [0.15, 0.2) is 255 Å². The highest BCUT2D eigenvalue weighted by Gasteiger charge is 2.51. The van der Waals surface area contributed by atoms with Gasteiger partial charge in [0, 0.05) is 27.8 Å². The van der Waals surface area contributed by atoms with Crippen LogP contribution in [0.25, 0.3) is 101 Å². The highest BCUT2D eigenvalue weighted by molar-refractivity contribution is 6.62. The molecule has 494 valence electrons. The van der Waals surface area contributed by atoms with E-state index in [1.54, 1.807) is 0 Å². The number of aromatic nitrogens is 6. The lowest BCUT2D eigenvalue weighted by atomic mass is 9.77. The molecule has 0 unspecified atom stereocenters. The maximum atomic E-state index is 6.20. The second-order valence-electron chi connectivity index (χ2n) is 30.5. The highest BCUT2D eigenvalue weighted by Crippen LogP contribution is 2.40. The SMILES string of the molecule is CC(C)(C)c1cc(-c2ccc(-c3nc(-c4ccccc4)nc(-c4ccccc4-c4ccccc4)n3)cc2)cc(C(C)(C)C)c1.CC(C)(C)c1cc(-c2ccc(B3OC(C)(C)C(C)(C)O3)cc2)cc(C(C)(C)C)c1.Clc1nc(-c2ccccc2)nc(-c2ccccc2-c2ccccc2)n1. The molecule has 1 aliphatic heterocycles. The van der Waals surface area contributed by atoms with E-state index in [9.17, 15) is 0 Å². The van der Waals surface area contributed by atoms with Crippen molar-refractivity contribution in [3.63, 3.8) is 0 Å². The Morgan fingerprint density at radius 2 is 0.520 bits per heavy atom. The Hall–Kier alpha value is -9.51. The molecule has 10 aromatic carbocycles. The summed E-state index contributed by atoms with van der Waals surface area (Å²) in [6.07, 6.45) is 0. The number of hydrogen-bond acceptors (Lipinski definition) is 8. The minimum atomic E-state index is -0.320. The summed E-state index contributed by atoms with van der Waals surface area (Å²) in [5.74, 6) is 3.11. The molecular weight excluding hydrogens is 1220 g/mol. The number of hydrogen-bond donors (Lipinski definition) is 0. The molecule has 0 bridgehead atoms. The normalized spacial score (nSPS) is 13.6. The molecule has 3 heterocycles. The van der Waals surface area contributed by atoms with Crippen LogP contribution in [0.2, 0.25) is 5.28 Å². The molecule has 0 radical (unpaired) electrons. The maximum absolute atomic E-state index is 6.20. The fourth-order valence-corrected chi connectivity index (χ4v) is 11.7. The van der Waals surface area contributed by atoms with E-state index in [2.05, 4.69) is 271 Å². The van der Waals surface area contributed by atoms with Gasteiger partial charge in [0.1, 0.15) is 0 Å². The molecule has 8 nitrogen and oxygen atoms in total. The van der Waals surface area contributed by atoms with E-state index >= 15 is 0 Å². The summed E-state index contributed by atoms with van der Waals surface area (Å²) in [6.45, 7) is 35.7. The number of rotatable bonds is 10. The van der Waals surface area contributed by atoms with E-state index in [-0.39, 0.29) is 45.3 Å². The van der Waals surface area contributed by atoms with E-state index < -0.39 is 0 Å². The fourth-order valence-electron chi connectivity index (χ4n) is 11.6. The molecule has 1 saturated heterocycles. The monoisotopic (exact) mass is 1310 g/mol. The van der Waals surface area contributed by atoms with Gasteiger partial charge in [-0.3, -0.25) is 0 Å². The van der Waals surface area contributed by atoms with Crippen LogP contribution in [0, 0.1) is 0 Å². The molecule has 0 saturated carbocycles. The molecule has 10 heteroatoms. The largest absolute Gasteiger partial charge is 0.494 e. The zero-order valence-electron chi connectivity index (χ0n) is 59.7. The maximum Gasteiger partial charge on any atom is 0.494 e. The Morgan fingerprint density at radius 1 is 0.265 bits per heavy atom. The lowest BCUT2D eigenvalue weighted by Gasteiger charge is -2.32. The minimum Gasteiger partial charge on any atom is -0.399 e. The standard InChI is InChI=1S/C41H39N3.C26H37BO2.C21H14ClN3/c1-40(2,3)33-25-32(26-34(27-33)41(4,5)6)28-21-23-31(24-22-28)38-42-37(30-17-11-8-12-18-30)43-39(44-38)36-20-14-13-19-35(36)29-15-9-7-10-16-29;1-23(2,3)20-15-19(16-21(17-20)24(4,5)6)18-11-13-22(14-12-18)27-28-25(7,8)26(9,10)29-27;22-21-24-19(16-11-5-2-6-12-16)23-20(25-21)18-14-8-7-13-17(18)15-9-3-1-4-10-15/h7-27H,1-6H3;11-17H,1-10H3;1-14H. The molecule has 1 aliphatic rings. The van der Waals surface area contributed by atoms with Crippen LogP contribution in [-0.4, -0.2) is 48.2 Å². The smallest absolute Gasteiger partial charge is 0.399 e. The summed E-state index contributed by atoms with van der Waals surface area (Å²) in [5.41, 5.74) is 20.2. The molecular formula is C88H90BClN6O2. The van der Waals surface area contributed by atoms with Crippen molar-refractivity contribution >= 4 is 24.2 Å². The van der Waals surface area contributed by atoms with Gasteiger partial charge in [-0.25, -0.2) is 19.9 Å². The number of benzene rings is 10. The van der Waals surface area contributed by atoms with Gasteiger partial charge in [-0.05, 0) is 133 Å². The predicted molar refractivity (Wildman–Crippen MR) is 411 cm³/mol. The van der Waals surface area contributed by atoms with Crippen LogP contribution in [0.1, 0.15) is 133 Å². The molecule has 0 atom stereocenters. The van der Waals surface area contributed by atoms with E-state index in [1.165, 1.54) is 44.5 Å². The zero-order chi connectivity index (χ0) is 69.8. The summed E-state index contributed by atoms with van der Waals surface area (Å²) in [7, 11) is -0.319. The number of nitrogens with zero attached hydrogens (tertiary/aromatic N) is 6. The van der Waals surface area contributed by atoms with Crippen LogP contribution in [0.5, 0.6) is 0 Å². The van der Waals surface area contributed by atoms with Gasteiger partial charge in [0.15, 0.2) is 29.1 Å². The third-order valence-corrected chi connectivity index (χ3v) is 18.6. The van der Waals surface area contributed by atoms with Crippen molar-refractivity contribution in [1.29, 1.82) is 0 Å². The van der Waals surface area contributed by atoms with Crippen molar-refractivity contribution in [3.05, 3.63) is 282 Å². The van der Waals surface area contributed by atoms with Gasteiger partial charge in [0.2, 0.25) is 5.28 Å². The van der Waals surface area contributed by atoms with Gasteiger partial charge in [-0.15, -0.1) is 0 Å². The molecule has 13 rings (SSSR count). The predicted octanol–water partition coefficient (Wildman–Crippen LogP) is 22.6. The van der Waals surface area contributed by atoms with Crippen LogP contribution in [0.4, 0.5) is 0 Å². The number of halogens is 1. The van der Waals surface area contributed by atoms with Gasteiger partial charge < -0.3 is 9.31 Å². The lowest BCUT2D eigenvalue weighted by Crippen LogP contribution is -2.41. The Kier molecular flexibility index (Phi) is 20.3. The average Bonchev–Trinajstić information content (AvgIpc) is 1.54. The van der Waals surface area contributed by atoms with Gasteiger partial charge in [-0.2, -0.15) is 9.97 Å². The van der Waals surface area contributed by atoms with Crippen molar-refractivity contribution in [3.8, 4) is 101 Å². The Morgan fingerprint density at radius 3 is 0.867 bits per heavy atom. The van der Waals surface area contributed by atoms with Crippen LogP contribution in [0.3, 0.4) is 0 Å². The van der Waals surface area contributed by atoms with E-state index in [4.69, 9.17) is 35.9 Å². The second-order valence-corrected chi connectivity index (χ2v) is 30.8. The third-order valence-electron chi connectivity index (χ3n) is 18.4. The van der Waals surface area contributed by atoms with Crippen LogP contribution >= 0.6 is 11.6 Å². The van der Waals surface area contributed by atoms with Gasteiger partial charge in [0.05, 0.1) is 11.2 Å². The van der Waals surface area contributed by atoms with E-state index in [0.717, 1.165) is 55.5 Å². The molecule has 0 amide bonds. The quantitative estimate of drug-likeness (QED) is 0.125. The second kappa shape index (κ2) is 28.5. The van der Waals surface area contributed by atoms with Crippen molar-refractivity contribution in [1.82, 2.24) is 29.9 Å². The highest BCUT2D eigenvalue weighted by atomic mass is 35.5. The molecule has 98 heavy (non-hydrogen) atoms. The summed E-state index contributed by atoms with van der Waals surface area (Å²) in [5, 5.41) is 0.187. The summed E-state index contributed by atoms with van der Waals surface area (Å²) < 4.78 is 12.4. The molecule has 0 spiro atoms. The van der Waals surface area contributed by atoms with Crippen molar-refractivity contribution < 1.29 is 9.31 Å². The third kappa shape index (κ3) is 16.5. The first-order chi connectivity index (χ1) is 46.5. The Labute approximate surface area is 587 Å². The summed E-state index contributed by atoms with van der Waals surface area (Å²) >= 11 is 6.19. The lowest BCUT2D eigenvalue weighted by molar-refractivity contribution is 0.00578. The molecule has 2 aromatic heterocycles. The summed E-state index contributed by atoms with van der Waals surface area (Å²) in [6, 6.07) is 88.2. The molecule has 0 aliphatic carbocycles. The average molecular weight is 1310 g/mol. The Balaban J connectivity index is 0.000000157. The van der Waals surface area contributed by atoms with Crippen molar-refractivity contribution in [2.45, 2.75) is 144 Å². The van der Waals surface area contributed by atoms with Crippen molar-refractivity contribution in [2.75, 3.05) is 0 Å². The fraction of sp³-hybridized carbons (Fsp3) is 0.250. The minimum absolute atomic E-state index is 0.0567. The first-order valence-corrected chi connectivity index (χ1v) is 34.3. The van der Waals surface area contributed by atoms with E-state index in [0.29, 0.717) is 29.1 Å². The van der Waals surface area contributed by atoms with Crippen molar-refractivity contribution in [2.24, 2.45) is 0 Å². The molecule has 1 fully saturated rings. The first kappa shape index (κ1) is 69.8. The first-order valence-electron chi connectivity index (χ1n) is 33.9. The topological polar surface area (TPSA) is 95.8 Å². The van der Waals surface area contributed by atoms with Crippen LogP contribution < -0.4 is 5.46 Å². The van der Waals surface area contributed by atoms with Gasteiger partial charge >= 0.3 is 7.12 Å². The molecule has 12 aromatic rings. The zero-order valence-corrected chi connectivity index (χ0v) is 60.5. The molecule has 0 N–H and O–H groups in total. The Bertz CT molecular complexity index is 4630. The van der Waals surface area contributed by atoms with E-state index in [1.807, 2.05) is 109 Å². The van der Waals surface area contributed by atoms with Gasteiger partial charge in [-0.1, -0.05) is 338 Å². The summed E-state index contributed by atoms with van der Waals surface area (Å²) in [4.78, 5) is 28.3. The van der Waals surface area contributed by atoms with Gasteiger partial charge in [0.25, 0.3) is 0 Å².